The maximum atomic E-state index is 10.9. The zero-order valence-electron chi connectivity index (χ0n) is 13.5. The van der Waals surface area contributed by atoms with Crippen LogP contribution in [0.5, 0.6) is 0 Å². The summed E-state index contributed by atoms with van der Waals surface area (Å²) in [5, 5.41) is 8.99. The lowest BCUT2D eigenvalue weighted by Gasteiger charge is -2.33. The van der Waals surface area contributed by atoms with Crippen molar-refractivity contribution in [1.82, 2.24) is 9.80 Å². The normalized spacial score (nSPS) is 23.0. The number of hydrogen-bond acceptors (Lipinski definition) is 2. The molecule has 4 nitrogen and oxygen atoms in total. The van der Waals surface area contributed by atoms with Crippen molar-refractivity contribution < 1.29 is 9.90 Å². The smallest absolute Gasteiger partial charge is 0.407 e. The summed E-state index contributed by atoms with van der Waals surface area (Å²) in [5.74, 6) is 0.824. The van der Waals surface area contributed by atoms with Gasteiger partial charge in [-0.1, -0.05) is 26.7 Å². The van der Waals surface area contributed by atoms with Gasteiger partial charge in [0.2, 0.25) is 0 Å². The zero-order chi connectivity index (χ0) is 15.0. The minimum atomic E-state index is -0.785. The Morgan fingerprint density at radius 1 is 1.10 bits per heavy atom. The van der Waals surface area contributed by atoms with Crippen molar-refractivity contribution in [2.24, 2.45) is 5.92 Å². The predicted octanol–water partition coefficient (Wildman–Crippen LogP) is 3.67. The summed E-state index contributed by atoms with van der Waals surface area (Å²) in [7, 11) is 1.71. The molecule has 1 rings (SSSR count). The molecule has 1 aliphatic carbocycles. The topological polar surface area (TPSA) is 43.8 Å². The molecular formula is C16H32N2O2. The Balaban J connectivity index is 2.12. The van der Waals surface area contributed by atoms with E-state index in [1.54, 1.807) is 7.05 Å². The highest BCUT2D eigenvalue weighted by molar-refractivity contribution is 5.64. The van der Waals surface area contributed by atoms with E-state index in [1.165, 1.54) is 43.5 Å². The van der Waals surface area contributed by atoms with Crippen LogP contribution in [0.25, 0.3) is 0 Å². The average Bonchev–Trinajstić information content (AvgIpc) is 2.47. The van der Waals surface area contributed by atoms with E-state index >= 15 is 0 Å². The third-order valence-corrected chi connectivity index (χ3v) is 4.90. The SMILES string of the molecule is CCN(CC)CCCCC1CCC(N(C)C(=O)O)CC1. The van der Waals surface area contributed by atoms with Crippen molar-refractivity contribution in [3.63, 3.8) is 0 Å². The van der Waals surface area contributed by atoms with Crippen molar-refractivity contribution in [3.05, 3.63) is 0 Å². The van der Waals surface area contributed by atoms with Gasteiger partial charge in [0.15, 0.2) is 0 Å². The van der Waals surface area contributed by atoms with Gasteiger partial charge in [0.25, 0.3) is 0 Å². The Kier molecular flexibility index (Phi) is 7.97. The molecule has 0 saturated heterocycles. The van der Waals surface area contributed by atoms with Gasteiger partial charge in [-0.3, -0.25) is 0 Å². The first kappa shape index (κ1) is 17.3. The van der Waals surface area contributed by atoms with Gasteiger partial charge in [0.05, 0.1) is 0 Å². The molecule has 4 heteroatoms. The number of rotatable bonds is 8. The van der Waals surface area contributed by atoms with E-state index in [1.807, 2.05) is 0 Å². The van der Waals surface area contributed by atoms with Gasteiger partial charge >= 0.3 is 6.09 Å². The number of carbonyl (C=O) groups is 1. The van der Waals surface area contributed by atoms with Gasteiger partial charge in [-0.15, -0.1) is 0 Å². The number of nitrogens with zero attached hydrogens (tertiary/aromatic N) is 2. The minimum absolute atomic E-state index is 0.249. The molecule has 0 unspecified atom stereocenters. The molecule has 118 valence electrons. The minimum Gasteiger partial charge on any atom is -0.465 e. The second kappa shape index (κ2) is 9.22. The first-order chi connectivity index (χ1) is 9.58. The van der Waals surface area contributed by atoms with Crippen LogP contribution < -0.4 is 0 Å². The Bertz CT molecular complexity index is 272. The molecule has 0 atom stereocenters. The summed E-state index contributed by atoms with van der Waals surface area (Å²) in [5.41, 5.74) is 0. The van der Waals surface area contributed by atoms with Gasteiger partial charge in [-0.05, 0) is 57.7 Å². The lowest BCUT2D eigenvalue weighted by atomic mass is 9.82. The molecule has 0 aromatic carbocycles. The molecule has 1 amide bonds. The first-order valence-electron chi connectivity index (χ1n) is 8.26. The molecule has 1 fully saturated rings. The van der Waals surface area contributed by atoms with E-state index in [4.69, 9.17) is 5.11 Å². The predicted molar refractivity (Wildman–Crippen MR) is 83.2 cm³/mol. The standard InChI is InChI=1S/C16H32N2O2/c1-4-18(5-2)13-7-6-8-14-9-11-15(12-10-14)17(3)16(19)20/h14-15H,4-13H2,1-3H3,(H,19,20). The van der Waals surface area contributed by atoms with Crippen LogP contribution in [0.2, 0.25) is 0 Å². The van der Waals surface area contributed by atoms with E-state index in [0.29, 0.717) is 0 Å². The fraction of sp³-hybridized carbons (Fsp3) is 0.938. The molecule has 0 radical (unpaired) electrons. The van der Waals surface area contributed by atoms with Crippen molar-refractivity contribution in [2.45, 2.75) is 64.8 Å². The summed E-state index contributed by atoms with van der Waals surface area (Å²) in [6, 6.07) is 0.249. The van der Waals surface area contributed by atoms with Crippen LogP contribution in [0.1, 0.15) is 58.8 Å². The van der Waals surface area contributed by atoms with Gasteiger partial charge in [-0.25, -0.2) is 4.79 Å². The van der Waals surface area contributed by atoms with Crippen LogP contribution in [0.15, 0.2) is 0 Å². The quantitative estimate of drug-likeness (QED) is 0.692. The summed E-state index contributed by atoms with van der Waals surface area (Å²) in [4.78, 5) is 14.9. The highest BCUT2D eigenvalue weighted by atomic mass is 16.4. The molecule has 0 aromatic heterocycles. The number of amides is 1. The third kappa shape index (κ3) is 5.70. The van der Waals surface area contributed by atoms with Crippen LogP contribution in [0, 0.1) is 5.92 Å². The van der Waals surface area contributed by atoms with Gasteiger partial charge < -0.3 is 14.9 Å². The molecule has 0 bridgehead atoms. The average molecular weight is 284 g/mol. The van der Waals surface area contributed by atoms with Crippen LogP contribution in [0.4, 0.5) is 4.79 Å². The third-order valence-electron chi connectivity index (χ3n) is 4.90. The largest absolute Gasteiger partial charge is 0.465 e. The lowest BCUT2D eigenvalue weighted by Crippen LogP contribution is -2.38. The van der Waals surface area contributed by atoms with Crippen molar-refractivity contribution in [2.75, 3.05) is 26.7 Å². The number of carboxylic acid groups (broad SMARTS) is 1. The Hall–Kier alpha value is -0.770. The highest BCUT2D eigenvalue weighted by Gasteiger charge is 2.25. The second-order valence-corrected chi connectivity index (χ2v) is 6.09. The van der Waals surface area contributed by atoms with Crippen molar-refractivity contribution in [1.29, 1.82) is 0 Å². The molecule has 20 heavy (non-hydrogen) atoms. The lowest BCUT2D eigenvalue weighted by molar-refractivity contribution is 0.117. The van der Waals surface area contributed by atoms with Crippen molar-refractivity contribution in [3.8, 4) is 0 Å². The molecule has 1 N–H and O–H groups in total. The maximum absolute atomic E-state index is 10.9. The van der Waals surface area contributed by atoms with Crippen LogP contribution in [-0.4, -0.2) is 53.7 Å². The Morgan fingerprint density at radius 3 is 2.20 bits per heavy atom. The first-order valence-corrected chi connectivity index (χ1v) is 8.26. The summed E-state index contributed by atoms with van der Waals surface area (Å²) >= 11 is 0. The van der Waals surface area contributed by atoms with E-state index in [9.17, 15) is 4.79 Å². The molecular weight excluding hydrogens is 252 g/mol. The van der Waals surface area contributed by atoms with Gasteiger partial charge in [0, 0.05) is 13.1 Å². The van der Waals surface area contributed by atoms with E-state index in [2.05, 4.69) is 18.7 Å². The highest BCUT2D eigenvalue weighted by Crippen LogP contribution is 2.30. The Labute approximate surface area is 124 Å². The fourth-order valence-corrected chi connectivity index (χ4v) is 3.29. The van der Waals surface area contributed by atoms with Crippen LogP contribution in [0.3, 0.4) is 0 Å². The molecule has 1 saturated carbocycles. The number of hydrogen-bond donors (Lipinski definition) is 1. The molecule has 0 aliphatic heterocycles. The van der Waals surface area contributed by atoms with E-state index < -0.39 is 6.09 Å². The summed E-state index contributed by atoms with van der Waals surface area (Å²) in [6.07, 6.45) is 7.66. The van der Waals surface area contributed by atoms with Crippen LogP contribution in [-0.2, 0) is 0 Å². The van der Waals surface area contributed by atoms with Crippen LogP contribution >= 0.6 is 0 Å². The monoisotopic (exact) mass is 284 g/mol. The van der Waals surface area contributed by atoms with E-state index in [0.717, 1.165) is 31.8 Å². The summed E-state index contributed by atoms with van der Waals surface area (Å²) in [6.45, 7) is 7.99. The zero-order valence-corrected chi connectivity index (χ0v) is 13.5. The number of unbranched alkanes of at least 4 members (excludes halogenated alkanes) is 1. The maximum Gasteiger partial charge on any atom is 0.407 e. The summed E-state index contributed by atoms with van der Waals surface area (Å²) < 4.78 is 0. The van der Waals surface area contributed by atoms with Gasteiger partial charge in [-0.2, -0.15) is 0 Å². The van der Waals surface area contributed by atoms with Crippen molar-refractivity contribution >= 4 is 6.09 Å². The molecule has 0 spiro atoms. The second-order valence-electron chi connectivity index (χ2n) is 6.09. The van der Waals surface area contributed by atoms with E-state index in [-0.39, 0.29) is 6.04 Å². The Morgan fingerprint density at radius 2 is 1.70 bits per heavy atom. The molecule has 0 heterocycles. The fourth-order valence-electron chi connectivity index (χ4n) is 3.29. The van der Waals surface area contributed by atoms with Gasteiger partial charge in [0.1, 0.15) is 0 Å². The molecule has 1 aliphatic rings. The molecule has 0 aromatic rings.